The fourth-order valence-electron chi connectivity index (χ4n) is 2.04. The quantitative estimate of drug-likeness (QED) is 0.728. The molecule has 0 spiro atoms. The molecule has 0 atom stereocenters. The zero-order valence-electron chi connectivity index (χ0n) is 14.3. The van der Waals surface area contributed by atoms with Crippen molar-refractivity contribution in [2.24, 2.45) is 5.73 Å². The molecular formula is C20H23ClN2O. The second kappa shape index (κ2) is 8.13. The molecule has 0 bridgehead atoms. The average molecular weight is 343 g/mol. The number of pyridine rings is 1. The van der Waals surface area contributed by atoms with Gasteiger partial charge in [0.1, 0.15) is 12.4 Å². The molecule has 0 unspecified atom stereocenters. The van der Waals surface area contributed by atoms with E-state index in [4.69, 9.17) is 22.1 Å². The van der Waals surface area contributed by atoms with Crippen molar-refractivity contribution >= 4 is 22.4 Å². The number of fused-ring (bicyclic) bond motifs is 1. The number of hydrogen-bond acceptors (Lipinski definition) is 3. The summed E-state index contributed by atoms with van der Waals surface area (Å²) in [5.74, 6) is 0.684. The maximum Gasteiger partial charge on any atom is 0.138 e. The zero-order valence-corrected chi connectivity index (χ0v) is 15.0. The number of nitrogens with zero attached hydrogens (tertiary/aromatic N) is 1. The van der Waals surface area contributed by atoms with Crippen molar-refractivity contribution in [3.63, 3.8) is 0 Å². The maximum absolute atomic E-state index is 6.30. The van der Waals surface area contributed by atoms with Crippen molar-refractivity contribution in [3.8, 4) is 5.75 Å². The van der Waals surface area contributed by atoms with Gasteiger partial charge in [-0.2, -0.15) is 0 Å². The van der Waals surface area contributed by atoms with Crippen LogP contribution in [0.5, 0.6) is 5.75 Å². The van der Waals surface area contributed by atoms with Crippen molar-refractivity contribution in [2.45, 2.75) is 26.3 Å². The molecule has 24 heavy (non-hydrogen) atoms. The molecule has 2 N–H and O–H groups in total. The van der Waals surface area contributed by atoms with Crippen molar-refractivity contribution in [1.82, 2.24) is 4.98 Å². The highest BCUT2D eigenvalue weighted by Crippen LogP contribution is 2.32. The summed E-state index contributed by atoms with van der Waals surface area (Å²) in [5, 5.41) is 2.76. The Labute approximate surface area is 148 Å². The van der Waals surface area contributed by atoms with Gasteiger partial charge in [-0.1, -0.05) is 48.0 Å². The molecule has 4 heteroatoms. The number of benzene rings is 2. The molecule has 2 aromatic carbocycles. The van der Waals surface area contributed by atoms with Crippen LogP contribution in [0, 0.1) is 6.92 Å². The molecular weight excluding hydrogens is 320 g/mol. The van der Waals surface area contributed by atoms with E-state index in [1.54, 1.807) is 6.20 Å². The average Bonchev–Trinajstić information content (AvgIpc) is 2.55. The van der Waals surface area contributed by atoms with Gasteiger partial charge < -0.3 is 10.5 Å². The van der Waals surface area contributed by atoms with E-state index in [-0.39, 0.29) is 5.54 Å². The zero-order chi connectivity index (χ0) is 17.6. The number of aromatic nitrogens is 1. The lowest BCUT2D eigenvalue weighted by atomic mass is 10.1. The Morgan fingerprint density at radius 2 is 1.75 bits per heavy atom. The van der Waals surface area contributed by atoms with Gasteiger partial charge in [0.05, 0.1) is 5.02 Å². The van der Waals surface area contributed by atoms with E-state index in [9.17, 15) is 0 Å². The van der Waals surface area contributed by atoms with Crippen LogP contribution in [0.25, 0.3) is 10.8 Å². The Morgan fingerprint density at radius 3 is 2.33 bits per heavy atom. The molecule has 0 aliphatic heterocycles. The molecule has 0 saturated heterocycles. The van der Waals surface area contributed by atoms with E-state index in [1.165, 1.54) is 0 Å². The van der Waals surface area contributed by atoms with Crippen LogP contribution in [0.15, 0.2) is 60.8 Å². The molecule has 1 aromatic heterocycles. The van der Waals surface area contributed by atoms with E-state index in [1.807, 2.05) is 75.4 Å². The second-order valence-electron chi connectivity index (χ2n) is 6.35. The molecule has 3 nitrogen and oxygen atoms in total. The molecule has 1 heterocycles. The third kappa shape index (κ3) is 5.52. The summed E-state index contributed by atoms with van der Waals surface area (Å²) in [5.41, 5.74) is 6.58. The molecule has 0 aliphatic carbocycles. The van der Waals surface area contributed by atoms with E-state index in [2.05, 4.69) is 4.98 Å². The molecule has 3 rings (SSSR count). The molecule has 126 valence electrons. The van der Waals surface area contributed by atoms with Crippen LogP contribution in [-0.2, 0) is 0 Å². The maximum atomic E-state index is 6.30. The molecule has 0 fully saturated rings. The van der Waals surface area contributed by atoms with Crippen molar-refractivity contribution in [2.75, 3.05) is 6.61 Å². The first-order valence-corrected chi connectivity index (χ1v) is 8.21. The van der Waals surface area contributed by atoms with E-state index in [0.717, 1.165) is 16.5 Å². The van der Waals surface area contributed by atoms with Gasteiger partial charge in [0.2, 0.25) is 0 Å². The Morgan fingerprint density at radius 1 is 1.04 bits per heavy atom. The van der Waals surface area contributed by atoms with Crippen LogP contribution in [0.3, 0.4) is 0 Å². The Hall–Kier alpha value is -2.10. The van der Waals surface area contributed by atoms with Crippen LogP contribution in [0.2, 0.25) is 5.02 Å². The van der Waals surface area contributed by atoms with E-state index in [0.29, 0.717) is 17.4 Å². The number of aryl methyl sites for hydroxylation is 1. The first-order valence-electron chi connectivity index (χ1n) is 7.83. The lowest BCUT2D eigenvalue weighted by Crippen LogP contribution is -2.38. The number of nitrogens with two attached hydrogens (primary N) is 1. The summed E-state index contributed by atoms with van der Waals surface area (Å²) in [7, 11) is 0. The summed E-state index contributed by atoms with van der Waals surface area (Å²) >= 11 is 6.30. The first kappa shape index (κ1) is 18.2. The van der Waals surface area contributed by atoms with Gasteiger partial charge in [0.25, 0.3) is 0 Å². The predicted molar refractivity (Wildman–Crippen MR) is 102 cm³/mol. The summed E-state index contributed by atoms with van der Waals surface area (Å²) in [6.45, 7) is 6.25. The van der Waals surface area contributed by atoms with Gasteiger partial charge in [-0.05, 0) is 44.4 Å². The van der Waals surface area contributed by atoms with Gasteiger partial charge in [0, 0.05) is 22.8 Å². The Bertz CT molecular complexity index is 782. The molecule has 0 aliphatic rings. The standard InChI is InChI=1S/C14H16ClNO.C6H7N/c1-14(2,16)9-17-12-8-7-10-5-3-4-6-11(10)13(12)15;1-6-4-2-3-5-7-6/h3-8H,9,16H2,1-2H3;2-5H,1H3. The number of hydrogen-bond donors (Lipinski definition) is 1. The van der Waals surface area contributed by atoms with Crippen molar-refractivity contribution < 1.29 is 4.74 Å². The van der Waals surface area contributed by atoms with Crippen molar-refractivity contribution in [1.29, 1.82) is 0 Å². The van der Waals surface area contributed by atoms with Gasteiger partial charge in [0.15, 0.2) is 0 Å². The van der Waals surface area contributed by atoms with Gasteiger partial charge in [-0.25, -0.2) is 0 Å². The van der Waals surface area contributed by atoms with Crippen molar-refractivity contribution in [3.05, 3.63) is 71.5 Å². The number of ether oxygens (including phenoxy) is 1. The molecule has 0 amide bonds. The summed E-state index contributed by atoms with van der Waals surface area (Å²) in [6, 6.07) is 17.7. The van der Waals surface area contributed by atoms with Crippen LogP contribution >= 0.6 is 11.6 Å². The fourth-order valence-corrected chi connectivity index (χ4v) is 2.33. The minimum absolute atomic E-state index is 0.366. The topological polar surface area (TPSA) is 48.1 Å². The highest BCUT2D eigenvalue weighted by Gasteiger charge is 2.13. The smallest absolute Gasteiger partial charge is 0.138 e. The third-order valence-corrected chi connectivity index (χ3v) is 3.63. The van der Waals surface area contributed by atoms with Gasteiger partial charge >= 0.3 is 0 Å². The molecule has 0 saturated carbocycles. The van der Waals surface area contributed by atoms with Crippen LogP contribution in [-0.4, -0.2) is 17.1 Å². The molecule has 3 aromatic rings. The monoisotopic (exact) mass is 342 g/mol. The normalized spacial score (nSPS) is 10.9. The Kier molecular flexibility index (Phi) is 6.18. The minimum atomic E-state index is -0.366. The van der Waals surface area contributed by atoms with Gasteiger partial charge in [-0.3, -0.25) is 4.98 Å². The van der Waals surface area contributed by atoms with E-state index >= 15 is 0 Å². The largest absolute Gasteiger partial charge is 0.490 e. The summed E-state index contributed by atoms with van der Waals surface area (Å²) < 4.78 is 5.65. The molecule has 0 radical (unpaired) electrons. The van der Waals surface area contributed by atoms with E-state index < -0.39 is 0 Å². The second-order valence-corrected chi connectivity index (χ2v) is 6.73. The third-order valence-electron chi connectivity index (χ3n) is 3.24. The predicted octanol–water partition coefficient (Wildman–Crippen LogP) is 5.00. The summed E-state index contributed by atoms with van der Waals surface area (Å²) in [4.78, 5) is 3.98. The first-order chi connectivity index (χ1) is 11.4. The SMILES string of the molecule is CC(C)(N)COc1ccc2ccccc2c1Cl.Cc1ccccn1. The number of halogens is 1. The van der Waals surface area contributed by atoms with Crippen LogP contribution in [0.4, 0.5) is 0 Å². The number of rotatable bonds is 3. The minimum Gasteiger partial charge on any atom is -0.490 e. The lowest BCUT2D eigenvalue weighted by Gasteiger charge is -2.19. The Balaban J connectivity index is 0.000000249. The lowest BCUT2D eigenvalue weighted by molar-refractivity contribution is 0.244. The summed E-state index contributed by atoms with van der Waals surface area (Å²) in [6.07, 6.45) is 1.79. The van der Waals surface area contributed by atoms with Crippen LogP contribution < -0.4 is 10.5 Å². The van der Waals surface area contributed by atoms with Gasteiger partial charge in [-0.15, -0.1) is 0 Å². The van der Waals surface area contributed by atoms with Crippen LogP contribution in [0.1, 0.15) is 19.5 Å². The highest BCUT2D eigenvalue weighted by molar-refractivity contribution is 6.37. The highest BCUT2D eigenvalue weighted by atomic mass is 35.5. The fraction of sp³-hybridized carbons (Fsp3) is 0.250.